The van der Waals surface area contributed by atoms with Crippen LogP contribution in [0.1, 0.15) is 30.6 Å². The number of rotatable bonds is 6. The van der Waals surface area contributed by atoms with Gasteiger partial charge < -0.3 is 15.4 Å². The quantitative estimate of drug-likeness (QED) is 0.780. The molecule has 0 unspecified atom stereocenters. The summed E-state index contributed by atoms with van der Waals surface area (Å²) in [5.74, 6) is 0.471. The van der Waals surface area contributed by atoms with Crippen molar-refractivity contribution >= 4 is 23.2 Å². The molecule has 0 aromatic heterocycles. The van der Waals surface area contributed by atoms with Crippen LogP contribution in [-0.2, 0) is 0 Å². The Morgan fingerprint density at radius 3 is 2.43 bits per heavy atom. The van der Waals surface area contributed by atoms with E-state index in [1.807, 2.05) is 25.1 Å². The lowest BCUT2D eigenvalue weighted by Crippen LogP contribution is -2.20. The van der Waals surface area contributed by atoms with Gasteiger partial charge in [0.25, 0.3) is 0 Å². The molecule has 0 aliphatic heterocycles. The maximum Gasteiger partial charge on any atom is 0.323 e. The van der Waals surface area contributed by atoms with Crippen LogP contribution in [0.3, 0.4) is 0 Å². The fraction of sp³-hybridized carbons (Fsp3) is 0.222. The van der Waals surface area contributed by atoms with Crippen molar-refractivity contribution in [1.29, 1.82) is 0 Å². The van der Waals surface area contributed by atoms with E-state index in [1.54, 1.807) is 30.3 Å². The van der Waals surface area contributed by atoms with Crippen LogP contribution in [0.5, 0.6) is 5.75 Å². The zero-order chi connectivity index (χ0) is 16.7. The van der Waals surface area contributed by atoms with Gasteiger partial charge in [-0.3, -0.25) is 4.79 Å². The molecule has 0 aliphatic carbocycles. The minimum Gasteiger partial charge on any atom is -0.491 e. The predicted octanol–water partition coefficient (Wildman–Crippen LogP) is 4.32. The van der Waals surface area contributed by atoms with Crippen molar-refractivity contribution in [3.05, 3.63) is 54.1 Å². The Morgan fingerprint density at radius 2 is 1.78 bits per heavy atom. The summed E-state index contributed by atoms with van der Waals surface area (Å²) in [6.45, 7) is 4.02. The van der Waals surface area contributed by atoms with Crippen molar-refractivity contribution in [3.63, 3.8) is 0 Å². The third-order valence-electron chi connectivity index (χ3n) is 3.13. The number of Topliss-reactive ketones (excluding diaryl/α,β-unsaturated/α-hetero) is 1. The molecule has 0 atom stereocenters. The summed E-state index contributed by atoms with van der Waals surface area (Å²) in [5.41, 5.74) is 1.67. The highest BCUT2D eigenvalue weighted by atomic mass is 16.5. The van der Waals surface area contributed by atoms with Crippen LogP contribution < -0.4 is 15.4 Å². The largest absolute Gasteiger partial charge is 0.491 e. The van der Waals surface area contributed by atoms with Crippen LogP contribution in [0.25, 0.3) is 0 Å². The highest BCUT2D eigenvalue weighted by Crippen LogP contribution is 2.26. The SMILES string of the molecule is CCCOc1ccc(C(C)=O)cc1NC(=O)Nc1ccccc1. The fourth-order valence-corrected chi connectivity index (χ4v) is 1.99. The van der Waals surface area contributed by atoms with Gasteiger partial charge in [-0.05, 0) is 43.7 Å². The minimum absolute atomic E-state index is 0.0708. The third kappa shape index (κ3) is 4.85. The Kier molecular flexibility index (Phi) is 5.74. The van der Waals surface area contributed by atoms with Crippen molar-refractivity contribution in [3.8, 4) is 5.75 Å². The first-order valence-electron chi connectivity index (χ1n) is 7.51. The lowest BCUT2D eigenvalue weighted by molar-refractivity contribution is 0.101. The molecule has 5 nitrogen and oxygen atoms in total. The van der Waals surface area contributed by atoms with E-state index in [2.05, 4.69) is 10.6 Å². The summed E-state index contributed by atoms with van der Waals surface area (Å²) in [5, 5.41) is 5.47. The van der Waals surface area contributed by atoms with Crippen LogP contribution in [0.2, 0.25) is 0 Å². The van der Waals surface area contributed by atoms with Gasteiger partial charge in [0.1, 0.15) is 5.75 Å². The molecule has 2 aromatic carbocycles. The van der Waals surface area contributed by atoms with Crippen LogP contribution in [0.4, 0.5) is 16.2 Å². The summed E-state index contributed by atoms with van der Waals surface area (Å²) in [4.78, 5) is 23.7. The van der Waals surface area contributed by atoms with Crippen molar-refractivity contribution in [2.24, 2.45) is 0 Å². The number of anilines is 2. The Hall–Kier alpha value is -2.82. The first-order valence-corrected chi connectivity index (χ1v) is 7.51. The standard InChI is InChI=1S/C18H20N2O3/c1-3-11-23-17-10-9-14(13(2)21)12-16(17)20-18(22)19-15-7-5-4-6-8-15/h4-10,12H,3,11H2,1-2H3,(H2,19,20,22). The maximum absolute atomic E-state index is 12.1. The van der Waals surface area contributed by atoms with E-state index in [0.29, 0.717) is 29.3 Å². The molecule has 0 fully saturated rings. The molecule has 0 bridgehead atoms. The molecule has 0 radical (unpaired) electrons. The van der Waals surface area contributed by atoms with Crippen molar-refractivity contribution in [1.82, 2.24) is 0 Å². The second-order valence-corrected chi connectivity index (χ2v) is 5.06. The Balaban J connectivity index is 2.16. The van der Waals surface area contributed by atoms with Gasteiger partial charge in [0, 0.05) is 11.3 Å². The molecule has 0 spiro atoms. The average Bonchev–Trinajstić information content (AvgIpc) is 2.54. The summed E-state index contributed by atoms with van der Waals surface area (Å²) in [6, 6.07) is 13.7. The molecule has 0 saturated heterocycles. The summed E-state index contributed by atoms with van der Waals surface area (Å²) in [6.07, 6.45) is 0.851. The van der Waals surface area contributed by atoms with E-state index in [0.717, 1.165) is 6.42 Å². The first-order chi connectivity index (χ1) is 11.1. The van der Waals surface area contributed by atoms with Crippen molar-refractivity contribution < 1.29 is 14.3 Å². The molecule has 23 heavy (non-hydrogen) atoms. The van der Waals surface area contributed by atoms with Crippen LogP contribution >= 0.6 is 0 Å². The molecule has 0 aliphatic rings. The van der Waals surface area contributed by atoms with Gasteiger partial charge in [-0.15, -0.1) is 0 Å². The molecule has 0 saturated carbocycles. The van der Waals surface area contributed by atoms with Crippen LogP contribution in [0, 0.1) is 0 Å². The van der Waals surface area contributed by atoms with Crippen molar-refractivity contribution in [2.75, 3.05) is 17.2 Å². The zero-order valence-electron chi connectivity index (χ0n) is 13.3. The number of urea groups is 1. The Bertz CT molecular complexity index is 684. The molecule has 120 valence electrons. The number of carbonyl (C=O) groups is 2. The first kappa shape index (κ1) is 16.5. The highest BCUT2D eigenvalue weighted by Gasteiger charge is 2.11. The second kappa shape index (κ2) is 7.98. The lowest BCUT2D eigenvalue weighted by Gasteiger charge is -2.14. The van der Waals surface area contributed by atoms with E-state index in [9.17, 15) is 9.59 Å². The number of nitrogens with one attached hydrogen (secondary N) is 2. The number of amides is 2. The van der Waals surface area contributed by atoms with Gasteiger partial charge in [0.05, 0.1) is 12.3 Å². The van der Waals surface area contributed by atoms with Gasteiger partial charge in [0.15, 0.2) is 5.78 Å². The Morgan fingerprint density at radius 1 is 1.04 bits per heavy atom. The molecule has 2 N–H and O–H groups in total. The number of benzene rings is 2. The normalized spacial score (nSPS) is 10.0. The number of hydrogen-bond acceptors (Lipinski definition) is 3. The molecule has 2 amide bonds. The molecule has 2 rings (SSSR count). The zero-order valence-corrected chi connectivity index (χ0v) is 13.3. The van der Waals surface area contributed by atoms with E-state index in [1.165, 1.54) is 6.92 Å². The van der Waals surface area contributed by atoms with Crippen LogP contribution in [-0.4, -0.2) is 18.4 Å². The van der Waals surface area contributed by atoms with Gasteiger partial charge in [-0.25, -0.2) is 4.79 Å². The number of ether oxygens (including phenoxy) is 1. The van der Waals surface area contributed by atoms with E-state index >= 15 is 0 Å². The number of ketones is 1. The number of hydrogen-bond donors (Lipinski definition) is 2. The van der Waals surface area contributed by atoms with E-state index in [4.69, 9.17) is 4.74 Å². The molecular weight excluding hydrogens is 292 g/mol. The Labute approximate surface area is 135 Å². The van der Waals surface area contributed by atoms with Gasteiger partial charge in [-0.1, -0.05) is 25.1 Å². The smallest absolute Gasteiger partial charge is 0.323 e. The highest BCUT2D eigenvalue weighted by molar-refractivity contribution is 6.02. The number of para-hydroxylation sites is 1. The summed E-state index contributed by atoms with van der Waals surface area (Å²) >= 11 is 0. The predicted molar refractivity (Wildman–Crippen MR) is 91.3 cm³/mol. The summed E-state index contributed by atoms with van der Waals surface area (Å²) in [7, 11) is 0. The van der Waals surface area contributed by atoms with Gasteiger partial charge >= 0.3 is 6.03 Å². The maximum atomic E-state index is 12.1. The van der Waals surface area contributed by atoms with E-state index in [-0.39, 0.29) is 5.78 Å². The van der Waals surface area contributed by atoms with Gasteiger partial charge in [-0.2, -0.15) is 0 Å². The monoisotopic (exact) mass is 312 g/mol. The minimum atomic E-state index is -0.391. The van der Waals surface area contributed by atoms with Crippen molar-refractivity contribution in [2.45, 2.75) is 20.3 Å². The average molecular weight is 312 g/mol. The molecule has 5 heteroatoms. The second-order valence-electron chi connectivity index (χ2n) is 5.06. The molecular formula is C18H20N2O3. The van der Waals surface area contributed by atoms with Gasteiger partial charge in [0.2, 0.25) is 0 Å². The topological polar surface area (TPSA) is 67.4 Å². The summed E-state index contributed by atoms with van der Waals surface area (Å²) < 4.78 is 5.62. The molecule has 0 heterocycles. The van der Waals surface area contributed by atoms with E-state index < -0.39 is 6.03 Å². The molecule has 2 aromatic rings. The lowest BCUT2D eigenvalue weighted by atomic mass is 10.1. The number of carbonyl (C=O) groups excluding carboxylic acids is 2. The fourth-order valence-electron chi connectivity index (χ4n) is 1.99. The van der Waals surface area contributed by atoms with Crippen LogP contribution in [0.15, 0.2) is 48.5 Å². The third-order valence-corrected chi connectivity index (χ3v) is 3.13.